The van der Waals surface area contributed by atoms with E-state index in [1.54, 1.807) is 0 Å². The molecule has 0 radical (unpaired) electrons. The van der Waals surface area contributed by atoms with Gasteiger partial charge in [0, 0.05) is 37.9 Å². The molecular formula is C16H19N7. The third-order valence-corrected chi connectivity index (χ3v) is 4.35. The minimum Gasteiger partial charge on any atom is -0.382 e. The zero-order chi connectivity index (χ0) is 15.8. The average molecular weight is 309 g/mol. The summed E-state index contributed by atoms with van der Waals surface area (Å²) >= 11 is 0. The van der Waals surface area contributed by atoms with Crippen LogP contribution in [0.25, 0.3) is 16.8 Å². The number of nitrogens with two attached hydrogens (primary N) is 1. The van der Waals surface area contributed by atoms with Crippen molar-refractivity contribution in [2.45, 2.75) is 0 Å². The molecule has 7 heteroatoms. The van der Waals surface area contributed by atoms with Crippen molar-refractivity contribution in [2.75, 3.05) is 43.9 Å². The van der Waals surface area contributed by atoms with E-state index in [0.717, 1.165) is 48.8 Å². The van der Waals surface area contributed by atoms with Crippen molar-refractivity contribution in [2.24, 2.45) is 0 Å². The van der Waals surface area contributed by atoms with E-state index >= 15 is 0 Å². The zero-order valence-electron chi connectivity index (χ0n) is 13.1. The summed E-state index contributed by atoms with van der Waals surface area (Å²) in [5, 5.41) is 4.32. The Bertz CT molecular complexity index is 833. The summed E-state index contributed by atoms with van der Waals surface area (Å²) < 4.78 is 1.82. The number of hydrogen-bond acceptors (Lipinski definition) is 6. The highest BCUT2D eigenvalue weighted by Gasteiger charge is 2.16. The number of fused-ring (bicyclic) bond motifs is 1. The number of rotatable bonds is 2. The Balaban J connectivity index is 1.72. The fourth-order valence-corrected chi connectivity index (χ4v) is 2.96. The van der Waals surface area contributed by atoms with Crippen molar-refractivity contribution in [3.8, 4) is 11.3 Å². The first-order valence-electron chi connectivity index (χ1n) is 7.70. The van der Waals surface area contributed by atoms with Gasteiger partial charge in [0.25, 0.3) is 0 Å². The number of aromatic nitrogens is 4. The molecule has 0 spiro atoms. The molecule has 1 saturated heterocycles. The lowest BCUT2D eigenvalue weighted by molar-refractivity contribution is 0.312. The molecule has 3 aromatic rings. The summed E-state index contributed by atoms with van der Waals surface area (Å²) in [6.45, 7) is 4.11. The second-order valence-corrected chi connectivity index (χ2v) is 5.85. The van der Waals surface area contributed by atoms with Gasteiger partial charge < -0.3 is 15.5 Å². The summed E-state index contributed by atoms with van der Waals surface area (Å²) in [6, 6.07) is 8.08. The van der Waals surface area contributed by atoms with E-state index in [4.69, 9.17) is 5.73 Å². The minimum absolute atomic E-state index is 0.486. The van der Waals surface area contributed by atoms with Crippen molar-refractivity contribution in [3.05, 3.63) is 36.8 Å². The predicted molar refractivity (Wildman–Crippen MR) is 90.3 cm³/mol. The Labute approximate surface area is 134 Å². The maximum Gasteiger partial charge on any atom is 0.151 e. The fraction of sp³-hybridized carbons (Fsp3) is 0.312. The van der Waals surface area contributed by atoms with Gasteiger partial charge in [0.2, 0.25) is 0 Å². The first-order chi connectivity index (χ1) is 11.2. The molecule has 1 aliphatic rings. The molecular weight excluding hydrogens is 290 g/mol. The Morgan fingerprint density at radius 2 is 1.87 bits per heavy atom. The van der Waals surface area contributed by atoms with Gasteiger partial charge in [0.15, 0.2) is 5.82 Å². The standard InChI is InChI=1S/C16H19N7/c1-21-6-8-22(9-7-21)15-10-12(4-5-18-15)13-2-3-14-16(17)19-11-20-23(13)14/h2-5,10-11H,6-9H2,1H3,(H2,17,19,20). The van der Waals surface area contributed by atoms with Crippen LogP contribution in [0.4, 0.5) is 11.6 Å². The lowest BCUT2D eigenvalue weighted by Crippen LogP contribution is -2.44. The highest BCUT2D eigenvalue weighted by atomic mass is 15.3. The van der Waals surface area contributed by atoms with E-state index in [9.17, 15) is 0 Å². The van der Waals surface area contributed by atoms with Crippen LogP contribution in [0.5, 0.6) is 0 Å². The molecule has 0 unspecified atom stereocenters. The molecule has 2 N–H and O–H groups in total. The van der Waals surface area contributed by atoms with Crippen molar-refractivity contribution >= 4 is 17.2 Å². The third kappa shape index (κ3) is 2.49. The summed E-state index contributed by atoms with van der Waals surface area (Å²) in [5.74, 6) is 1.49. The number of hydrogen-bond donors (Lipinski definition) is 1. The average Bonchev–Trinajstić information content (AvgIpc) is 3.01. The largest absolute Gasteiger partial charge is 0.382 e. The van der Waals surface area contributed by atoms with Crippen LogP contribution in [-0.2, 0) is 0 Å². The van der Waals surface area contributed by atoms with Crippen molar-refractivity contribution in [3.63, 3.8) is 0 Å². The van der Waals surface area contributed by atoms with Crippen LogP contribution >= 0.6 is 0 Å². The lowest BCUT2D eigenvalue weighted by Gasteiger charge is -2.33. The molecule has 3 aromatic heterocycles. The van der Waals surface area contributed by atoms with E-state index in [1.165, 1.54) is 6.33 Å². The van der Waals surface area contributed by atoms with Crippen LogP contribution in [0.15, 0.2) is 36.8 Å². The van der Waals surface area contributed by atoms with Crippen LogP contribution < -0.4 is 10.6 Å². The molecule has 23 heavy (non-hydrogen) atoms. The van der Waals surface area contributed by atoms with Crippen molar-refractivity contribution in [1.29, 1.82) is 0 Å². The van der Waals surface area contributed by atoms with Gasteiger partial charge >= 0.3 is 0 Å². The molecule has 0 atom stereocenters. The van der Waals surface area contributed by atoms with Gasteiger partial charge in [-0.25, -0.2) is 14.5 Å². The van der Waals surface area contributed by atoms with E-state index in [-0.39, 0.29) is 0 Å². The fourth-order valence-electron chi connectivity index (χ4n) is 2.96. The minimum atomic E-state index is 0.486. The number of nitrogen functional groups attached to an aromatic ring is 1. The summed E-state index contributed by atoms with van der Waals surface area (Å²) in [4.78, 5) is 13.2. The van der Waals surface area contributed by atoms with Crippen LogP contribution in [-0.4, -0.2) is 57.7 Å². The van der Waals surface area contributed by atoms with Crippen LogP contribution in [0.1, 0.15) is 0 Å². The number of anilines is 2. The van der Waals surface area contributed by atoms with Gasteiger partial charge in [-0.1, -0.05) is 0 Å². The van der Waals surface area contributed by atoms with E-state index in [2.05, 4.69) is 38.0 Å². The number of pyridine rings is 1. The molecule has 0 amide bonds. The molecule has 0 aliphatic carbocycles. The number of nitrogens with zero attached hydrogens (tertiary/aromatic N) is 6. The van der Waals surface area contributed by atoms with Crippen molar-refractivity contribution in [1.82, 2.24) is 24.5 Å². The van der Waals surface area contributed by atoms with E-state index < -0.39 is 0 Å². The zero-order valence-corrected chi connectivity index (χ0v) is 13.1. The van der Waals surface area contributed by atoms with Crippen LogP contribution in [0.3, 0.4) is 0 Å². The normalized spacial score (nSPS) is 16.1. The Morgan fingerprint density at radius 3 is 2.70 bits per heavy atom. The SMILES string of the molecule is CN1CCN(c2cc(-c3ccc4c(N)ncnn34)ccn2)CC1. The lowest BCUT2D eigenvalue weighted by atomic mass is 10.2. The van der Waals surface area contributed by atoms with Crippen molar-refractivity contribution < 1.29 is 0 Å². The first-order valence-corrected chi connectivity index (χ1v) is 7.70. The molecule has 1 aliphatic heterocycles. The quantitative estimate of drug-likeness (QED) is 0.765. The summed E-state index contributed by atoms with van der Waals surface area (Å²) in [5.41, 5.74) is 8.80. The Morgan fingerprint density at radius 1 is 1.04 bits per heavy atom. The first kappa shape index (κ1) is 14.0. The second-order valence-electron chi connectivity index (χ2n) is 5.85. The summed E-state index contributed by atoms with van der Waals surface area (Å²) in [6.07, 6.45) is 3.33. The molecule has 0 aromatic carbocycles. The maximum atomic E-state index is 5.91. The molecule has 4 heterocycles. The van der Waals surface area contributed by atoms with Crippen LogP contribution in [0, 0.1) is 0 Å². The van der Waals surface area contributed by atoms with Gasteiger partial charge in [0.05, 0.1) is 5.69 Å². The third-order valence-electron chi connectivity index (χ3n) is 4.35. The molecule has 0 saturated carbocycles. The highest BCUT2D eigenvalue weighted by Crippen LogP contribution is 2.26. The van der Waals surface area contributed by atoms with Gasteiger partial charge in [-0.2, -0.15) is 5.10 Å². The number of piperazine rings is 1. The van der Waals surface area contributed by atoms with Gasteiger partial charge in [-0.15, -0.1) is 0 Å². The van der Waals surface area contributed by atoms with Gasteiger partial charge in [-0.05, 0) is 31.3 Å². The topological polar surface area (TPSA) is 75.6 Å². The van der Waals surface area contributed by atoms with E-state index in [1.807, 2.05) is 28.9 Å². The number of likely N-dealkylation sites (N-methyl/N-ethyl adjacent to an activating group) is 1. The molecule has 0 bridgehead atoms. The monoisotopic (exact) mass is 309 g/mol. The highest BCUT2D eigenvalue weighted by molar-refractivity contribution is 5.74. The Hall–Kier alpha value is -2.67. The van der Waals surface area contributed by atoms with Crippen LogP contribution in [0.2, 0.25) is 0 Å². The second kappa shape index (κ2) is 5.51. The van der Waals surface area contributed by atoms with Gasteiger partial charge in [-0.3, -0.25) is 0 Å². The molecule has 118 valence electrons. The van der Waals surface area contributed by atoms with Gasteiger partial charge in [0.1, 0.15) is 17.7 Å². The smallest absolute Gasteiger partial charge is 0.151 e. The van der Waals surface area contributed by atoms with E-state index in [0.29, 0.717) is 5.82 Å². The molecule has 4 rings (SSSR count). The Kier molecular flexibility index (Phi) is 3.34. The summed E-state index contributed by atoms with van der Waals surface area (Å²) in [7, 11) is 2.15. The predicted octanol–water partition coefficient (Wildman–Crippen LogP) is 1.13. The maximum absolute atomic E-state index is 5.91. The molecule has 1 fully saturated rings. The molecule has 7 nitrogen and oxygen atoms in total.